The molecule has 0 saturated carbocycles. The van der Waals surface area contributed by atoms with Crippen LogP contribution in [0.15, 0.2) is 24.3 Å². The topological polar surface area (TPSA) is 81.7 Å². The molecule has 1 aromatic heterocycles. The summed E-state index contributed by atoms with van der Waals surface area (Å²) in [4.78, 5) is 36.8. The van der Waals surface area contributed by atoms with Crippen molar-refractivity contribution in [1.82, 2.24) is 0 Å². The molecule has 0 aliphatic rings. The van der Waals surface area contributed by atoms with Crippen molar-refractivity contribution >= 4 is 45.8 Å². The van der Waals surface area contributed by atoms with Crippen LogP contribution in [0.5, 0.6) is 0 Å². The summed E-state index contributed by atoms with van der Waals surface area (Å²) in [5.74, 6) is -1.71. The first kappa shape index (κ1) is 19.0. The minimum atomic E-state index is -0.624. The second-order valence-corrected chi connectivity index (χ2v) is 6.33. The van der Waals surface area contributed by atoms with Crippen LogP contribution >= 0.6 is 22.9 Å². The van der Waals surface area contributed by atoms with E-state index in [4.69, 9.17) is 21.1 Å². The van der Waals surface area contributed by atoms with Crippen molar-refractivity contribution in [2.24, 2.45) is 0 Å². The lowest BCUT2D eigenvalue weighted by atomic mass is 10.1. The Hall–Kier alpha value is -2.38. The zero-order chi connectivity index (χ0) is 18.6. The molecule has 0 aliphatic carbocycles. The largest absolute Gasteiger partial charge is 0.465 e. The van der Waals surface area contributed by atoms with Crippen molar-refractivity contribution in [3.63, 3.8) is 0 Å². The van der Waals surface area contributed by atoms with E-state index in [0.717, 1.165) is 11.3 Å². The Kier molecular flexibility index (Phi) is 6.17. The van der Waals surface area contributed by atoms with E-state index in [2.05, 4.69) is 5.32 Å². The number of hydrogen-bond acceptors (Lipinski definition) is 6. The quantitative estimate of drug-likeness (QED) is 0.793. The highest BCUT2D eigenvalue weighted by atomic mass is 35.5. The van der Waals surface area contributed by atoms with Gasteiger partial charge in [-0.1, -0.05) is 23.7 Å². The Morgan fingerprint density at radius 2 is 1.88 bits per heavy atom. The number of benzene rings is 1. The molecular weight excluding hydrogens is 366 g/mol. The molecule has 2 aromatic rings. The zero-order valence-electron chi connectivity index (χ0n) is 13.8. The van der Waals surface area contributed by atoms with Crippen LogP contribution in [-0.2, 0) is 9.47 Å². The number of rotatable bonds is 5. The number of methoxy groups -OCH3 is 1. The Morgan fingerprint density at radius 3 is 2.48 bits per heavy atom. The van der Waals surface area contributed by atoms with E-state index in [0.29, 0.717) is 5.56 Å². The Morgan fingerprint density at radius 1 is 1.20 bits per heavy atom. The average molecular weight is 382 g/mol. The third kappa shape index (κ3) is 4.00. The van der Waals surface area contributed by atoms with Gasteiger partial charge in [0, 0.05) is 0 Å². The molecule has 2 rings (SSSR count). The van der Waals surface area contributed by atoms with Crippen molar-refractivity contribution in [2.45, 2.75) is 13.8 Å². The summed E-state index contributed by atoms with van der Waals surface area (Å²) in [5, 5.41) is 3.12. The van der Waals surface area contributed by atoms with E-state index in [1.165, 1.54) is 7.11 Å². The number of carbonyl (C=O) groups excluding carboxylic acids is 3. The molecule has 0 saturated heterocycles. The summed E-state index contributed by atoms with van der Waals surface area (Å²) in [5.41, 5.74) is 0.780. The summed E-state index contributed by atoms with van der Waals surface area (Å²) in [6, 6.07) is 6.52. The number of nitrogens with one attached hydrogen (secondary N) is 1. The Balaban J connectivity index is 2.45. The molecule has 1 heterocycles. The molecule has 1 aromatic carbocycles. The molecule has 0 unspecified atom stereocenters. The summed E-state index contributed by atoms with van der Waals surface area (Å²) in [7, 11) is 1.24. The van der Waals surface area contributed by atoms with E-state index in [9.17, 15) is 14.4 Å². The van der Waals surface area contributed by atoms with Crippen LogP contribution in [0, 0.1) is 6.92 Å². The highest BCUT2D eigenvalue weighted by Gasteiger charge is 2.27. The van der Waals surface area contributed by atoms with E-state index >= 15 is 0 Å². The fourth-order valence-corrected chi connectivity index (χ4v) is 3.48. The second-order valence-electron chi connectivity index (χ2n) is 4.91. The van der Waals surface area contributed by atoms with Crippen molar-refractivity contribution in [1.29, 1.82) is 0 Å². The molecule has 0 aliphatic heterocycles. The van der Waals surface area contributed by atoms with Crippen molar-refractivity contribution in [3.05, 3.63) is 50.9 Å². The molecule has 0 radical (unpaired) electrons. The van der Waals surface area contributed by atoms with Crippen LogP contribution in [-0.4, -0.2) is 31.6 Å². The van der Waals surface area contributed by atoms with Gasteiger partial charge >= 0.3 is 11.9 Å². The molecule has 6 nitrogen and oxygen atoms in total. The monoisotopic (exact) mass is 381 g/mol. The van der Waals surface area contributed by atoms with Crippen LogP contribution in [0.4, 0.5) is 5.00 Å². The number of thiophene rings is 1. The third-order valence-corrected chi connectivity index (χ3v) is 4.86. The van der Waals surface area contributed by atoms with Gasteiger partial charge in [0.15, 0.2) is 0 Å². The molecule has 0 bridgehead atoms. The Labute approximate surface area is 153 Å². The summed E-state index contributed by atoms with van der Waals surface area (Å²) >= 11 is 6.98. The molecule has 0 atom stereocenters. The summed E-state index contributed by atoms with van der Waals surface area (Å²) < 4.78 is 9.74. The lowest BCUT2D eigenvalue weighted by Gasteiger charge is -2.08. The SMILES string of the molecule is CCOC(=O)c1c(NC(=O)c2ccccc2Cl)sc(C(=O)OC)c1C. The third-order valence-electron chi connectivity index (χ3n) is 3.34. The number of ether oxygens (including phenoxy) is 2. The van der Waals surface area contributed by atoms with Crippen LogP contribution in [0.2, 0.25) is 5.02 Å². The lowest BCUT2D eigenvalue weighted by molar-refractivity contribution is 0.0527. The van der Waals surface area contributed by atoms with Gasteiger partial charge in [0.25, 0.3) is 5.91 Å². The minimum absolute atomic E-state index is 0.132. The maximum Gasteiger partial charge on any atom is 0.348 e. The first-order valence-electron chi connectivity index (χ1n) is 7.35. The molecule has 0 fully saturated rings. The first-order valence-corrected chi connectivity index (χ1v) is 8.54. The van der Waals surface area contributed by atoms with Crippen LogP contribution in [0.25, 0.3) is 0 Å². The van der Waals surface area contributed by atoms with Crippen LogP contribution < -0.4 is 5.32 Å². The van der Waals surface area contributed by atoms with Gasteiger partial charge in [-0.3, -0.25) is 4.79 Å². The van der Waals surface area contributed by atoms with Gasteiger partial charge in [-0.05, 0) is 31.5 Å². The minimum Gasteiger partial charge on any atom is -0.465 e. The highest BCUT2D eigenvalue weighted by Crippen LogP contribution is 2.34. The highest BCUT2D eigenvalue weighted by molar-refractivity contribution is 7.18. The normalized spacial score (nSPS) is 10.2. The first-order chi connectivity index (χ1) is 11.9. The van der Waals surface area contributed by atoms with Crippen molar-refractivity contribution in [3.8, 4) is 0 Å². The summed E-state index contributed by atoms with van der Waals surface area (Å²) in [6.07, 6.45) is 0. The number of amides is 1. The van der Waals surface area contributed by atoms with Gasteiger partial charge in [-0.25, -0.2) is 9.59 Å². The maximum absolute atomic E-state index is 12.5. The standard InChI is InChI=1S/C17H16ClNO5S/c1-4-24-16(21)12-9(2)13(17(22)23-3)25-15(12)19-14(20)10-7-5-6-8-11(10)18/h5-8H,4H2,1-3H3,(H,19,20). The number of halogens is 1. The number of hydrogen-bond donors (Lipinski definition) is 1. The lowest BCUT2D eigenvalue weighted by Crippen LogP contribution is -2.15. The van der Waals surface area contributed by atoms with Gasteiger partial charge in [-0.15, -0.1) is 11.3 Å². The summed E-state index contributed by atoms with van der Waals surface area (Å²) in [6.45, 7) is 3.43. The second kappa shape index (κ2) is 8.13. The molecular formula is C17H16ClNO5S. The van der Waals surface area contributed by atoms with Crippen LogP contribution in [0.1, 0.15) is 42.9 Å². The maximum atomic E-state index is 12.5. The zero-order valence-corrected chi connectivity index (χ0v) is 15.4. The van der Waals surface area contributed by atoms with Crippen molar-refractivity contribution < 1.29 is 23.9 Å². The predicted octanol–water partition coefficient (Wildman–Crippen LogP) is 3.93. The molecule has 1 amide bonds. The predicted molar refractivity (Wildman–Crippen MR) is 95.8 cm³/mol. The smallest absolute Gasteiger partial charge is 0.348 e. The Bertz CT molecular complexity index is 830. The van der Waals surface area contributed by atoms with E-state index in [1.807, 2.05) is 0 Å². The van der Waals surface area contributed by atoms with Gasteiger partial charge < -0.3 is 14.8 Å². The van der Waals surface area contributed by atoms with E-state index < -0.39 is 17.8 Å². The van der Waals surface area contributed by atoms with Gasteiger partial charge in [0.05, 0.1) is 29.9 Å². The molecule has 1 N–H and O–H groups in total. The molecule has 0 spiro atoms. The molecule has 25 heavy (non-hydrogen) atoms. The van der Waals surface area contributed by atoms with E-state index in [-0.39, 0.29) is 32.6 Å². The van der Waals surface area contributed by atoms with Gasteiger partial charge in [0.2, 0.25) is 0 Å². The van der Waals surface area contributed by atoms with Gasteiger partial charge in [-0.2, -0.15) is 0 Å². The fourth-order valence-electron chi connectivity index (χ4n) is 2.15. The van der Waals surface area contributed by atoms with E-state index in [1.54, 1.807) is 38.1 Å². The molecule has 132 valence electrons. The van der Waals surface area contributed by atoms with Crippen LogP contribution in [0.3, 0.4) is 0 Å². The van der Waals surface area contributed by atoms with Crippen molar-refractivity contribution in [2.75, 3.05) is 19.0 Å². The average Bonchev–Trinajstić information content (AvgIpc) is 2.90. The van der Waals surface area contributed by atoms with Gasteiger partial charge in [0.1, 0.15) is 9.88 Å². The number of anilines is 1. The molecule has 8 heteroatoms. The number of esters is 2. The number of carbonyl (C=O) groups is 3. The fraction of sp³-hybridized carbons (Fsp3) is 0.235.